The number of likely N-dealkylation sites (tertiary alicyclic amines) is 1. The summed E-state index contributed by atoms with van der Waals surface area (Å²) >= 11 is 0. The van der Waals surface area contributed by atoms with E-state index in [0.29, 0.717) is 12.6 Å². The Morgan fingerprint density at radius 2 is 1.92 bits per heavy atom. The third kappa shape index (κ3) is 4.78. The van der Waals surface area contributed by atoms with Crippen LogP contribution in [0.15, 0.2) is 29.6 Å². The summed E-state index contributed by atoms with van der Waals surface area (Å²) in [5, 5.41) is 3.52. The molecule has 0 aromatic carbocycles. The van der Waals surface area contributed by atoms with Crippen molar-refractivity contribution < 1.29 is 0 Å². The normalized spacial score (nSPS) is 15.8. The zero-order valence-corrected chi connectivity index (χ0v) is 15.7. The molecular formula is C18H27N7O. The van der Waals surface area contributed by atoms with Crippen molar-refractivity contribution in [1.29, 1.82) is 0 Å². The summed E-state index contributed by atoms with van der Waals surface area (Å²) < 4.78 is 1.68. The lowest BCUT2D eigenvalue weighted by Crippen LogP contribution is -2.41. The van der Waals surface area contributed by atoms with Crippen molar-refractivity contribution in [3.63, 3.8) is 0 Å². The lowest BCUT2D eigenvalue weighted by molar-refractivity contribution is 0.210. The molecule has 0 aliphatic carbocycles. The average Bonchev–Trinajstić information content (AvgIpc) is 2.62. The fourth-order valence-corrected chi connectivity index (χ4v) is 3.11. The van der Waals surface area contributed by atoms with Crippen molar-refractivity contribution in [2.24, 2.45) is 0 Å². The van der Waals surface area contributed by atoms with Crippen LogP contribution in [0.1, 0.15) is 18.5 Å². The minimum Gasteiger partial charge on any atom is -0.367 e. The van der Waals surface area contributed by atoms with E-state index < -0.39 is 0 Å². The second-order valence-electron chi connectivity index (χ2n) is 6.98. The standard InChI is InChI=1S/C18H27N7O/c1-14-10-18(26)25(13-21-14)9-8-24-6-4-15(5-7-24)22-16-11-17(23(2)3)20-12-19-16/h10-13,15H,4-9H2,1-3H3,(H,19,20,22). The Morgan fingerprint density at radius 3 is 2.62 bits per heavy atom. The minimum atomic E-state index is 0.0227. The third-order valence-electron chi connectivity index (χ3n) is 4.72. The van der Waals surface area contributed by atoms with Crippen LogP contribution in [0.5, 0.6) is 0 Å². The number of nitrogens with one attached hydrogen (secondary N) is 1. The maximum absolute atomic E-state index is 11.9. The summed E-state index contributed by atoms with van der Waals surface area (Å²) in [5.41, 5.74) is 0.787. The number of hydrogen-bond acceptors (Lipinski definition) is 7. The van der Waals surface area contributed by atoms with Crippen molar-refractivity contribution in [2.45, 2.75) is 32.4 Å². The van der Waals surface area contributed by atoms with Crippen molar-refractivity contribution in [3.05, 3.63) is 40.8 Å². The highest BCUT2D eigenvalue weighted by Gasteiger charge is 2.19. The maximum atomic E-state index is 11.9. The molecule has 1 saturated heterocycles. The number of hydrogen-bond donors (Lipinski definition) is 1. The zero-order valence-electron chi connectivity index (χ0n) is 15.7. The zero-order chi connectivity index (χ0) is 18.5. The van der Waals surface area contributed by atoms with Gasteiger partial charge in [0, 0.05) is 64.1 Å². The molecule has 0 spiro atoms. The van der Waals surface area contributed by atoms with Crippen molar-refractivity contribution >= 4 is 11.6 Å². The largest absolute Gasteiger partial charge is 0.367 e. The van der Waals surface area contributed by atoms with Crippen molar-refractivity contribution in [1.82, 2.24) is 24.4 Å². The maximum Gasteiger partial charge on any atom is 0.253 e. The van der Waals surface area contributed by atoms with Crippen LogP contribution in [-0.4, -0.2) is 64.2 Å². The monoisotopic (exact) mass is 357 g/mol. The van der Waals surface area contributed by atoms with Crippen molar-refractivity contribution in [2.75, 3.05) is 43.9 Å². The van der Waals surface area contributed by atoms with E-state index in [1.807, 2.05) is 32.0 Å². The Balaban J connectivity index is 1.47. The van der Waals surface area contributed by atoms with Crippen LogP contribution in [0.25, 0.3) is 0 Å². The molecular weight excluding hydrogens is 330 g/mol. The molecule has 0 radical (unpaired) electrons. The molecule has 0 saturated carbocycles. The van der Waals surface area contributed by atoms with Gasteiger partial charge in [0.1, 0.15) is 18.0 Å². The van der Waals surface area contributed by atoms with E-state index in [0.717, 1.165) is 49.8 Å². The molecule has 0 bridgehead atoms. The first-order chi connectivity index (χ1) is 12.5. The third-order valence-corrected chi connectivity index (χ3v) is 4.72. The molecule has 1 aliphatic rings. The summed E-state index contributed by atoms with van der Waals surface area (Å²) in [6.45, 7) is 5.41. The van der Waals surface area contributed by atoms with E-state index in [1.165, 1.54) is 0 Å². The number of rotatable bonds is 6. The topological polar surface area (TPSA) is 79.2 Å². The molecule has 8 heteroatoms. The molecule has 8 nitrogen and oxygen atoms in total. The van der Waals surface area contributed by atoms with Gasteiger partial charge >= 0.3 is 0 Å². The molecule has 3 rings (SSSR count). The predicted octanol–water partition coefficient (Wildman–Crippen LogP) is 0.984. The van der Waals surface area contributed by atoms with Gasteiger partial charge in [0.25, 0.3) is 5.56 Å². The lowest BCUT2D eigenvalue weighted by Gasteiger charge is -2.32. The lowest BCUT2D eigenvalue weighted by atomic mass is 10.1. The van der Waals surface area contributed by atoms with Crippen LogP contribution < -0.4 is 15.8 Å². The van der Waals surface area contributed by atoms with Gasteiger partial charge in [0.15, 0.2) is 0 Å². The fourth-order valence-electron chi connectivity index (χ4n) is 3.11. The molecule has 0 amide bonds. The quantitative estimate of drug-likeness (QED) is 0.826. The van der Waals surface area contributed by atoms with E-state index in [9.17, 15) is 4.79 Å². The molecule has 1 N–H and O–H groups in total. The smallest absolute Gasteiger partial charge is 0.253 e. The SMILES string of the molecule is Cc1cc(=O)n(CCN2CCC(Nc3cc(N(C)C)ncn3)CC2)cn1. The molecule has 0 atom stereocenters. The summed E-state index contributed by atoms with van der Waals surface area (Å²) in [7, 11) is 3.94. The van der Waals surface area contributed by atoms with Crippen LogP contribution in [0.3, 0.4) is 0 Å². The first-order valence-corrected chi connectivity index (χ1v) is 9.02. The Kier molecular flexibility index (Phi) is 5.82. The van der Waals surface area contributed by atoms with Gasteiger partial charge in [-0.25, -0.2) is 15.0 Å². The Bertz CT molecular complexity index is 781. The van der Waals surface area contributed by atoms with Gasteiger partial charge in [-0.05, 0) is 19.8 Å². The summed E-state index contributed by atoms with van der Waals surface area (Å²) in [5.74, 6) is 1.77. The Hall–Kier alpha value is -2.48. The van der Waals surface area contributed by atoms with E-state index in [4.69, 9.17) is 0 Å². The van der Waals surface area contributed by atoms with Crippen LogP contribution in [0, 0.1) is 6.92 Å². The number of anilines is 2. The second kappa shape index (κ2) is 8.27. The van der Waals surface area contributed by atoms with Gasteiger partial charge in [0.2, 0.25) is 0 Å². The number of aromatic nitrogens is 4. The molecule has 140 valence electrons. The van der Waals surface area contributed by atoms with Gasteiger partial charge < -0.3 is 15.1 Å². The molecule has 26 heavy (non-hydrogen) atoms. The van der Waals surface area contributed by atoms with Gasteiger partial charge in [-0.1, -0.05) is 0 Å². The van der Waals surface area contributed by atoms with E-state index >= 15 is 0 Å². The molecule has 1 aliphatic heterocycles. The van der Waals surface area contributed by atoms with Crippen LogP contribution >= 0.6 is 0 Å². The summed E-state index contributed by atoms with van der Waals surface area (Å²) in [6.07, 6.45) is 5.36. The Morgan fingerprint density at radius 1 is 1.15 bits per heavy atom. The van der Waals surface area contributed by atoms with Gasteiger partial charge in [-0.15, -0.1) is 0 Å². The first kappa shape index (κ1) is 18.3. The minimum absolute atomic E-state index is 0.0227. The molecule has 2 aromatic rings. The van der Waals surface area contributed by atoms with Gasteiger partial charge in [0.05, 0.1) is 6.33 Å². The first-order valence-electron chi connectivity index (χ1n) is 9.02. The summed E-state index contributed by atoms with van der Waals surface area (Å²) in [4.78, 5) is 29.1. The average molecular weight is 357 g/mol. The highest BCUT2D eigenvalue weighted by atomic mass is 16.1. The number of aryl methyl sites for hydroxylation is 1. The van der Waals surface area contributed by atoms with Crippen molar-refractivity contribution in [3.8, 4) is 0 Å². The Labute approximate surface area is 153 Å². The second-order valence-corrected chi connectivity index (χ2v) is 6.98. The number of nitrogens with zero attached hydrogens (tertiary/aromatic N) is 6. The summed E-state index contributed by atoms with van der Waals surface area (Å²) in [6, 6.07) is 3.98. The van der Waals surface area contributed by atoms with Crippen LogP contribution in [0.4, 0.5) is 11.6 Å². The van der Waals surface area contributed by atoms with Crippen LogP contribution in [-0.2, 0) is 6.54 Å². The highest BCUT2D eigenvalue weighted by Crippen LogP contribution is 2.17. The predicted molar refractivity (Wildman–Crippen MR) is 103 cm³/mol. The van der Waals surface area contributed by atoms with E-state index in [-0.39, 0.29) is 5.56 Å². The van der Waals surface area contributed by atoms with Crippen LogP contribution in [0.2, 0.25) is 0 Å². The van der Waals surface area contributed by atoms with E-state index in [2.05, 4.69) is 25.2 Å². The molecule has 3 heterocycles. The van der Waals surface area contributed by atoms with Gasteiger partial charge in [-0.3, -0.25) is 9.36 Å². The molecule has 2 aromatic heterocycles. The molecule has 0 unspecified atom stereocenters. The van der Waals surface area contributed by atoms with E-state index in [1.54, 1.807) is 23.3 Å². The highest BCUT2D eigenvalue weighted by molar-refractivity contribution is 5.47. The van der Waals surface area contributed by atoms with Gasteiger partial charge in [-0.2, -0.15) is 0 Å². The number of piperidine rings is 1. The fraction of sp³-hybridized carbons (Fsp3) is 0.556. The molecule has 1 fully saturated rings.